The van der Waals surface area contributed by atoms with E-state index in [1.165, 1.54) is 12.0 Å². The Balaban J connectivity index is 1.77. The normalized spacial score (nSPS) is 24.4. The summed E-state index contributed by atoms with van der Waals surface area (Å²) in [5.41, 5.74) is -0.140. The van der Waals surface area contributed by atoms with Crippen molar-refractivity contribution in [1.29, 1.82) is 0 Å². The van der Waals surface area contributed by atoms with Gasteiger partial charge in [-0.3, -0.25) is 14.7 Å². The smallest absolute Gasteiger partial charge is 0.407 e. The number of nitrogens with one attached hydrogen (secondary N) is 1. The third-order valence-electron chi connectivity index (χ3n) is 5.87. The number of esters is 1. The van der Waals surface area contributed by atoms with Crippen molar-refractivity contribution in [3.05, 3.63) is 18.1 Å². The van der Waals surface area contributed by atoms with Crippen molar-refractivity contribution < 1.29 is 24.2 Å². The van der Waals surface area contributed by atoms with Gasteiger partial charge in [0.25, 0.3) is 0 Å². The quantitative estimate of drug-likeness (QED) is 0.661. The molecule has 29 heavy (non-hydrogen) atoms. The number of carbonyl (C=O) groups excluding carboxylic acids is 1. The number of hydrogen-bond acceptors (Lipinski definition) is 7. The van der Waals surface area contributed by atoms with Gasteiger partial charge in [-0.15, -0.1) is 0 Å². The summed E-state index contributed by atoms with van der Waals surface area (Å²) in [6.45, 7) is 6.66. The van der Waals surface area contributed by atoms with Gasteiger partial charge in [0.05, 0.1) is 44.3 Å². The first-order valence-corrected chi connectivity index (χ1v) is 9.93. The largest absolute Gasteiger partial charge is 0.468 e. The first-order chi connectivity index (χ1) is 13.6. The Kier molecular flexibility index (Phi) is 5.97. The molecule has 160 valence electrons. The van der Waals surface area contributed by atoms with Crippen molar-refractivity contribution in [3.63, 3.8) is 0 Å². The van der Waals surface area contributed by atoms with Crippen LogP contribution in [0, 0.1) is 5.41 Å². The maximum Gasteiger partial charge on any atom is 0.407 e. The first-order valence-electron chi connectivity index (χ1n) is 9.93. The van der Waals surface area contributed by atoms with Crippen LogP contribution in [0.5, 0.6) is 5.88 Å². The molecule has 3 rings (SSSR count). The van der Waals surface area contributed by atoms with E-state index in [-0.39, 0.29) is 24.5 Å². The third kappa shape index (κ3) is 4.77. The average Bonchev–Trinajstić information content (AvgIpc) is 3.43. The lowest BCUT2D eigenvalue weighted by molar-refractivity contribution is -0.139. The number of ether oxygens (including phenoxy) is 2. The monoisotopic (exact) mass is 406 g/mol. The van der Waals surface area contributed by atoms with Crippen LogP contribution in [0.2, 0.25) is 0 Å². The zero-order valence-electron chi connectivity index (χ0n) is 17.5. The number of nitrogens with zero attached hydrogens (tertiary/aromatic N) is 3. The van der Waals surface area contributed by atoms with Gasteiger partial charge >= 0.3 is 12.1 Å². The number of methoxy groups -OCH3 is 1. The molecule has 1 aliphatic carbocycles. The minimum absolute atomic E-state index is 0.0257. The number of aromatic nitrogens is 2. The second-order valence-corrected chi connectivity index (χ2v) is 8.88. The molecule has 1 amide bonds. The molecular weight excluding hydrogens is 376 g/mol. The highest BCUT2D eigenvalue weighted by Gasteiger charge is 2.54. The fourth-order valence-electron chi connectivity index (χ4n) is 3.72. The minimum Gasteiger partial charge on any atom is -0.468 e. The number of rotatable bonds is 7. The lowest BCUT2D eigenvalue weighted by atomic mass is 9.74. The van der Waals surface area contributed by atoms with Gasteiger partial charge in [0, 0.05) is 24.3 Å². The number of likely N-dealkylation sites (tertiary alicyclic amines) is 1. The van der Waals surface area contributed by atoms with Crippen LogP contribution in [0.1, 0.15) is 51.6 Å². The number of hydrogen-bond donors (Lipinski definition) is 2. The maximum absolute atomic E-state index is 11.9. The van der Waals surface area contributed by atoms with Crippen LogP contribution < -0.4 is 10.1 Å². The second kappa shape index (κ2) is 8.14. The highest BCUT2D eigenvalue weighted by atomic mass is 16.5. The van der Waals surface area contributed by atoms with Gasteiger partial charge in [-0.1, -0.05) is 20.8 Å². The van der Waals surface area contributed by atoms with Crippen LogP contribution in [-0.4, -0.2) is 70.4 Å². The predicted octanol–water partition coefficient (Wildman–Crippen LogP) is 2.03. The van der Waals surface area contributed by atoms with E-state index in [9.17, 15) is 14.7 Å². The second-order valence-electron chi connectivity index (χ2n) is 8.88. The Bertz CT molecular complexity index is 744. The predicted molar refractivity (Wildman–Crippen MR) is 105 cm³/mol. The lowest BCUT2D eigenvalue weighted by Gasteiger charge is -2.41. The number of amides is 1. The Hall–Kier alpha value is -2.42. The highest BCUT2D eigenvalue weighted by Crippen LogP contribution is 2.44. The van der Waals surface area contributed by atoms with E-state index in [1.807, 2.05) is 20.8 Å². The van der Waals surface area contributed by atoms with Crippen LogP contribution >= 0.6 is 0 Å². The highest BCUT2D eigenvalue weighted by molar-refractivity contribution is 5.71. The van der Waals surface area contributed by atoms with Crippen molar-refractivity contribution in [1.82, 2.24) is 20.2 Å². The molecule has 1 aromatic rings. The molecule has 9 heteroatoms. The molecule has 1 aliphatic heterocycles. The van der Waals surface area contributed by atoms with Crippen molar-refractivity contribution in [2.75, 3.05) is 26.7 Å². The lowest BCUT2D eigenvalue weighted by Crippen LogP contribution is -2.51. The van der Waals surface area contributed by atoms with Crippen molar-refractivity contribution in [3.8, 4) is 5.88 Å². The third-order valence-corrected chi connectivity index (χ3v) is 5.87. The molecule has 0 radical (unpaired) electrons. The molecule has 2 aliphatic rings. The zero-order valence-corrected chi connectivity index (χ0v) is 17.5. The van der Waals surface area contributed by atoms with Gasteiger partial charge in [0.15, 0.2) is 0 Å². The molecule has 1 saturated heterocycles. The molecular formula is C20H30N4O5. The molecule has 0 aromatic carbocycles. The van der Waals surface area contributed by atoms with Gasteiger partial charge in [-0.25, -0.2) is 9.78 Å². The van der Waals surface area contributed by atoms with Crippen LogP contribution in [0.3, 0.4) is 0 Å². The standard InChI is InChI=1S/C20H30N4O5/c1-19(2,3)20(29-16-10-22-15(9-23-16)13-5-6-13)7-14(24(12-20)18(26)27)8-21-11-17(25)28-4/h9-10,13-14,21H,5-8,11-12H2,1-4H3,(H,26,27)/t14-,20+/m0/s1. The van der Waals surface area contributed by atoms with E-state index >= 15 is 0 Å². The van der Waals surface area contributed by atoms with E-state index in [2.05, 4.69) is 20.0 Å². The molecule has 9 nitrogen and oxygen atoms in total. The summed E-state index contributed by atoms with van der Waals surface area (Å²) in [5, 5.41) is 12.7. The molecule has 1 saturated carbocycles. The summed E-state index contributed by atoms with van der Waals surface area (Å²) in [6.07, 6.45) is 5.14. The molecule has 1 aromatic heterocycles. The maximum atomic E-state index is 11.9. The van der Waals surface area contributed by atoms with Crippen LogP contribution in [0.15, 0.2) is 12.4 Å². The minimum atomic E-state index is -1.01. The van der Waals surface area contributed by atoms with Crippen LogP contribution in [-0.2, 0) is 9.53 Å². The fraction of sp³-hybridized carbons (Fsp3) is 0.700. The Morgan fingerprint density at radius 2 is 2.03 bits per heavy atom. The number of carbonyl (C=O) groups is 2. The molecule has 2 N–H and O–H groups in total. The Labute approximate surface area is 170 Å². The van der Waals surface area contributed by atoms with Crippen LogP contribution in [0.25, 0.3) is 0 Å². The van der Waals surface area contributed by atoms with Gasteiger partial charge in [0.1, 0.15) is 5.60 Å². The molecule has 2 fully saturated rings. The molecule has 2 heterocycles. The summed E-state index contributed by atoms with van der Waals surface area (Å²) < 4.78 is 11.0. The zero-order chi connectivity index (χ0) is 21.2. The summed E-state index contributed by atoms with van der Waals surface area (Å²) in [5.74, 6) is 0.513. The Morgan fingerprint density at radius 3 is 2.55 bits per heavy atom. The summed E-state index contributed by atoms with van der Waals surface area (Å²) in [4.78, 5) is 33.5. The van der Waals surface area contributed by atoms with E-state index in [0.29, 0.717) is 24.8 Å². The summed E-state index contributed by atoms with van der Waals surface area (Å²) >= 11 is 0. The Morgan fingerprint density at radius 1 is 1.31 bits per heavy atom. The topological polar surface area (TPSA) is 114 Å². The first kappa shape index (κ1) is 21.3. The van der Waals surface area contributed by atoms with Gasteiger partial charge in [-0.05, 0) is 12.8 Å². The van der Waals surface area contributed by atoms with E-state index in [0.717, 1.165) is 18.5 Å². The molecule has 0 bridgehead atoms. The molecule has 0 unspecified atom stereocenters. The average molecular weight is 406 g/mol. The van der Waals surface area contributed by atoms with Crippen molar-refractivity contribution in [2.45, 2.75) is 57.6 Å². The van der Waals surface area contributed by atoms with Crippen LogP contribution in [0.4, 0.5) is 4.79 Å². The number of carboxylic acid groups (broad SMARTS) is 1. The van der Waals surface area contributed by atoms with Gasteiger partial charge in [-0.2, -0.15) is 0 Å². The van der Waals surface area contributed by atoms with Crippen molar-refractivity contribution in [2.24, 2.45) is 5.41 Å². The van der Waals surface area contributed by atoms with Gasteiger partial charge in [0.2, 0.25) is 5.88 Å². The summed E-state index contributed by atoms with van der Waals surface area (Å²) in [6, 6.07) is -0.338. The molecule has 0 spiro atoms. The van der Waals surface area contributed by atoms with E-state index < -0.39 is 17.7 Å². The molecule has 2 atom stereocenters. The summed E-state index contributed by atoms with van der Waals surface area (Å²) in [7, 11) is 1.32. The van der Waals surface area contributed by atoms with Crippen molar-refractivity contribution >= 4 is 12.1 Å². The SMILES string of the molecule is COC(=O)CNC[C@@H]1C[C@](Oc2cnc(C3CC3)cn2)(C(C)(C)C)CN1C(=O)O. The van der Waals surface area contributed by atoms with E-state index in [4.69, 9.17) is 4.74 Å². The van der Waals surface area contributed by atoms with Gasteiger partial charge < -0.3 is 19.9 Å². The van der Waals surface area contributed by atoms with E-state index in [1.54, 1.807) is 12.4 Å². The fourth-order valence-corrected chi connectivity index (χ4v) is 3.72.